The minimum absolute atomic E-state index is 0.249. The van der Waals surface area contributed by atoms with Gasteiger partial charge in [0.1, 0.15) is 0 Å². The molecule has 1 heterocycles. The summed E-state index contributed by atoms with van der Waals surface area (Å²) in [6, 6.07) is 13.2. The fraction of sp³-hybridized carbons (Fsp3) is 0.190. The van der Waals surface area contributed by atoms with Crippen molar-refractivity contribution in [3.05, 3.63) is 71.5 Å². The maximum absolute atomic E-state index is 12.4. The van der Waals surface area contributed by atoms with Gasteiger partial charge in [-0.2, -0.15) is 0 Å². The molecule has 28 heavy (non-hydrogen) atoms. The Balaban J connectivity index is 1.61. The number of amides is 1. The Hall–Kier alpha value is -3.61. The van der Waals surface area contributed by atoms with E-state index in [4.69, 9.17) is 9.47 Å². The van der Waals surface area contributed by atoms with Crippen LogP contribution in [-0.2, 0) is 6.54 Å². The summed E-state index contributed by atoms with van der Waals surface area (Å²) in [6.07, 6.45) is 3.00. The molecular weight excluding hydrogens is 356 g/mol. The zero-order valence-electron chi connectivity index (χ0n) is 16.0. The second-order valence-corrected chi connectivity index (χ2v) is 6.11. The van der Waals surface area contributed by atoms with Crippen LogP contribution in [0.2, 0.25) is 0 Å². The number of aryl methyl sites for hydroxylation is 1. The molecule has 3 aromatic rings. The number of carbonyl (C=O) groups is 1. The molecule has 0 unspecified atom stereocenters. The first-order valence-corrected chi connectivity index (χ1v) is 8.74. The normalized spacial score (nSPS) is 10.2. The average molecular weight is 378 g/mol. The molecule has 3 rings (SSSR count). The van der Waals surface area contributed by atoms with Crippen LogP contribution in [0.25, 0.3) is 0 Å². The van der Waals surface area contributed by atoms with Crippen LogP contribution in [0.3, 0.4) is 0 Å². The summed E-state index contributed by atoms with van der Waals surface area (Å²) in [5, 5.41) is 5.99. The molecule has 0 aliphatic heterocycles. The molecule has 7 heteroatoms. The minimum Gasteiger partial charge on any atom is -0.493 e. The van der Waals surface area contributed by atoms with Crippen LogP contribution in [0, 0.1) is 6.92 Å². The molecule has 1 aromatic heterocycles. The average Bonchev–Trinajstić information content (AvgIpc) is 2.74. The van der Waals surface area contributed by atoms with Crippen molar-refractivity contribution in [2.24, 2.45) is 0 Å². The number of anilines is 2. The van der Waals surface area contributed by atoms with Crippen molar-refractivity contribution in [3.8, 4) is 11.5 Å². The van der Waals surface area contributed by atoms with Crippen molar-refractivity contribution in [2.45, 2.75) is 13.5 Å². The van der Waals surface area contributed by atoms with E-state index in [2.05, 4.69) is 20.6 Å². The lowest BCUT2D eigenvalue weighted by molar-refractivity contribution is 0.102. The number of methoxy groups -OCH3 is 2. The number of hydrogen-bond donors (Lipinski definition) is 2. The number of nitrogens with zero attached hydrogens (tertiary/aromatic N) is 2. The summed E-state index contributed by atoms with van der Waals surface area (Å²) in [6.45, 7) is 2.45. The zero-order chi connectivity index (χ0) is 19.9. The molecule has 1 amide bonds. The van der Waals surface area contributed by atoms with Crippen molar-refractivity contribution in [2.75, 3.05) is 24.9 Å². The van der Waals surface area contributed by atoms with Crippen molar-refractivity contribution in [1.82, 2.24) is 9.97 Å². The number of aromatic nitrogens is 2. The van der Waals surface area contributed by atoms with E-state index in [1.165, 1.54) is 12.4 Å². The molecule has 0 aliphatic carbocycles. The van der Waals surface area contributed by atoms with Gasteiger partial charge in [0.05, 0.1) is 19.8 Å². The Kier molecular flexibility index (Phi) is 6.06. The third-order valence-electron chi connectivity index (χ3n) is 4.21. The molecule has 0 atom stereocenters. The Morgan fingerprint density at radius 2 is 1.71 bits per heavy atom. The zero-order valence-corrected chi connectivity index (χ0v) is 16.0. The summed E-state index contributed by atoms with van der Waals surface area (Å²) in [5.74, 6) is 1.51. The topological polar surface area (TPSA) is 85.4 Å². The van der Waals surface area contributed by atoms with Gasteiger partial charge < -0.3 is 20.1 Å². The molecule has 2 N–H and O–H groups in total. The maximum Gasteiger partial charge on any atom is 0.258 e. The van der Waals surface area contributed by atoms with E-state index >= 15 is 0 Å². The van der Waals surface area contributed by atoms with Gasteiger partial charge in [0.2, 0.25) is 5.95 Å². The maximum atomic E-state index is 12.4. The van der Waals surface area contributed by atoms with E-state index in [0.29, 0.717) is 29.6 Å². The van der Waals surface area contributed by atoms with Gasteiger partial charge in [0, 0.05) is 24.6 Å². The first kappa shape index (κ1) is 19.2. The Morgan fingerprint density at radius 3 is 2.39 bits per heavy atom. The summed E-state index contributed by atoms with van der Waals surface area (Å²) in [5.41, 5.74) is 3.13. The number of hydrogen-bond acceptors (Lipinski definition) is 6. The van der Waals surface area contributed by atoms with Crippen LogP contribution in [0.5, 0.6) is 11.5 Å². The lowest BCUT2D eigenvalue weighted by Gasteiger charge is -2.10. The highest BCUT2D eigenvalue weighted by Crippen LogP contribution is 2.27. The first-order valence-electron chi connectivity index (χ1n) is 8.74. The van der Waals surface area contributed by atoms with Crippen LogP contribution in [0.4, 0.5) is 11.6 Å². The highest BCUT2D eigenvalue weighted by atomic mass is 16.5. The fourth-order valence-corrected chi connectivity index (χ4v) is 2.62. The molecule has 0 saturated heterocycles. The quantitative estimate of drug-likeness (QED) is 0.653. The monoisotopic (exact) mass is 378 g/mol. The van der Waals surface area contributed by atoms with Crippen LogP contribution < -0.4 is 20.1 Å². The molecule has 0 bridgehead atoms. The minimum atomic E-state index is -0.249. The van der Waals surface area contributed by atoms with Crippen LogP contribution in [0.1, 0.15) is 21.5 Å². The van der Waals surface area contributed by atoms with Crippen LogP contribution in [-0.4, -0.2) is 30.1 Å². The number of para-hydroxylation sites is 1. The van der Waals surface area contributed by atoms with E-state index in [0.717, 1.165) is 16.8 Å². The number of benzene rings is 2. The molecule has 2 aromatic carbocycles. The highest BCUT2D eigenvalue weighted by Gasteiger charge is 2.09. The van der Waals surface area contributed by atoms with E-state index < -0.39 is 0 Å². The third-order valence-corrected chi connectivity index (χ3v) is 4.21. The second kappa shape index (κ2) is 8.85. The lowest BCUT2D eigenvalue weighted by atomic mass is 10.2. The van der Waals surface area contributed by atoms with Gasteiger partial charge in [-0.25, -0.2) is 9.97 Å². The van der Waals surface area contributed by atoms with Gasteiger partial charge in [-0.1, -0.05) is 24.3 Å². The van der Waals surface area contributed by atoms with Gasteiger partial charge in [-0.15, -0.1) is 0 Å². The molecule has 0 fully saturated rings. The molecule has 7 nitrogen and oxygen atoms in total. The van der Waals surface area contributed by atoms with E-state index in [-0.39, 0.29) is 5.91 Å². The molecule has 0 aliphatic rings. The van der Waals surface area contributed by atoms with Crippen LogP contribution in [0.15, 0.2) is 54.9 Å². The lowest BCUT2D eigenvalue weighted by Crippen LogP contribution is -2.14. The predicted octanol–water partition coefficient (Wildman–Crippen LogP) is 3.67. The summed E-state index contributed by atoms with van der Waals surface area (Å²) < 4.78 is 10.5. The van der Waals surface area contributed by atoms with E-state index in [1.54, 1.807) is 14.2 Å². The number of rotatable bonds is 7. The number of nitrogens with one attached hydrogen (secondary N) is 2. The molecular formula is C21H22N4O3. The third kappa shape index (κ3) is 4.56. The van der Waals surface area contributed by atoms with Gasteiger partial charge in [0.15, 0.2) is 11.5 Å². The standard InChI is InChI=1S/C21H22N4O3/c1-14-6-4-5-7-17(14)25-20(26)16-12-23-21(24-13-16)22-11-15-8-9-18(27-2)19(10-15)28-3/h4-10,12-13H,11H2,1-3H3,(H,25,26)(H,22,23,24). The molecule has 0 spiro atoms. The molecule has 144 valence electrons. The largest absolute Gasteiger partial charge is 0.493 e. The summed E-state index contributed by atoms with van der Waals surface area (Å²) in [7, 11) is 3.19. The highest BCUT2D eigenvalue weighted by molar-refractivity contribution is 6.04. The first-order chi connectivity index (χ1) is 13.6. The smallest absolute Gasteiger partial charge is 0.258 e. The van der Waals surface area contributed by atoms with E-state index in [1.807, 2.05) is 49.4 Å². The van der Waals surface area contributed by atoms with Crippen molar-refractivity contribution in [1.29, 1.82) is 0 Å². The van der Waals surface area contributed by atoms with Gasteiger partial charge >= 0.3 is 0 Å². The Labute approximate surface area is 163 Å². The molecule has 0 saturated carbocycles. The van der Waals surface area contributed by atoms with Crippen molar-refractivity contribution >= 4 is 17.5 Å². The predicted molar refractivity (Wildman–Crippen MR) is 108 cm³/mol. The van der Waals surface area contributed by atoms with Gasteiger partial charge in [0.25, 0.3) is 5.91 Å². The molecule has 0 radical (unpaired) electrons. The van der Waals surface area contributed by atoms with E-state index in [9.17, 15) is 4.79 Å². The van der Waals surface area contributed by atoms with Gasteiger partial charge in [-0.05, 0) is 36.2 Å². The number of carbonyl (C=O) groups excluding carboxylic acids is 1. The van der Waals surface area contributed by atoms with Crippen LogP contribution >= 0.6 is 0 Å². The summed E-state index contributed by atoms with van der Waals surface area (Å²) >= 11 is 0. The number of ether oxygens (including phenoxy) is 2. The Bertz CT molecular complexity index is 958. The second-order valence-electron chi connectivity index (χ2n) is 6.11. The Morgan fingerprint density at radius 1 is 1.00 bits per heavy atom. The fourth-order valence-electron chi connectivity index (χ4n) is 2.62. The van der Waals surface area contributed by atoms with Gasteiger partial charge in [-0.3, -0.25) is 4.79 Å². The SMILES string of the molecule is COc1ccc(CNc2ncc(C(=O)Nc3ccccc3C)cn2)cc1OC. The van der Waals surface area contributed by atoms with Crippen molar-refractivity contribution < 1.29 is 14.3 Å². The summed E-state index contributed by atoms with van der Waals surface area (Å²) in [4.78, 5) is 20.8. The van der Waals surface area contributed by atoms with Crippen molar-refractivity contribution in [3.63, 3.8) is 0 Å².